The van der Waals surface area contributed by atoms with Gasteiger partial charge in [-0.1, -0.05) is 63.3 Å². The van der Waals surface area contributed by atoms with Crippen LogP contribution in [0.2, 0.25) is 0 Å². The van der Waals surface area contributed by atoms with Gasteiger partial charge in [-0.2, -0.15) is 5.10 Å². The summed E-state index contributed by atoms with van der Waals surface area (Å²) in [5.74, 6) is -1.87. The van der Waals surface area contributed by atoms with Crippen molar-refractivity contribution in [3.63, 3.8) is 0 Å². The van der Waals surface area contributed by atoms with E-state index in [0.717, 1.165) is 118 Å². The number of quaternary nitrogens is 1. The van der Waals surface area contributed by atoms with Gasteiger partial charge in [-0.15, -0.1) is 10.2 Å². The number of nitrogens with one attached hydrogen (secondary N) is 5. The van der Waals surface area contributed by atoms with Crippen LogP contribution in [-0.4, -0.2) is 151 Å². The van der Waals surface area contributed by atoms with Crippen molar-refractivity contribution >= 4 is 91.4 Å². The maximum Gasteiger partial charge on any atom is 0.355 e. The first-order valence-electron chi connectivity index (χ1n) is 34.4. The van der Waals surface area contributed by atoms with Gasteiger partial charge in [0, 0.05) is 90.2 Å². The molecule has 6 aromatic rings. The van der Waals surface area contributed by atoms with Crippen LogP contribution in [0.3, 0.4) is 0 Å². The van der Waals surface area contributed by atoms with Gasteiger partial charge in [-0.3, -0.25) is 33.6 Å². The van der Waals surface area contributed by atoms with Gasteiger partial charge < -0.3 is 51.5 Å². The van der Waals surface area contributed by atoms with E-state index in [1.165, 1.54) is 56.2 Å². The number of carboxylic acids is 1. The number of aromatic nitrogens is 6. The highest BCUT2D eigenvalue weighted by Gasteiger charge is 2.65. The number of carbonyl (C=O) groups is 7. The van der Waals surface area contributed by atoms with E-state index in [2.05, 4.69) is 69.3 Å². The van der Waals surface area contributed by atoms with Gasteiger partial charge in [0.15, 0.2) is 22.5 Å². The van der Waals surface area contributed by atoms with E-state index in [9.17, 15) is 38.7 Å². The number of hydrogen-bond donors (Lipinski definition) is 7. The zero-order chi connectivity index (χ0) is 68.4. The summed E-state index contributed by atoms with van der Waals surface area (Å²) < 4.78 is 9.77. The zero-order valence-electron chi connectivity index (χ0n) is 56.6. The van der Waals surface area contributed by atoms with Crippen molar-refractivity contribution < 1.29 is 47.9 Å². The number of fused-ring (bicyclic) bond motifs is 2. The van der Waals surface area contributed by atoms with Gasteiger partial charge in [-0.25, -0.2) is 19.6 Å². The second-order valence-electron chi connectivity index (χ2n) is 29.7. The molecule has 0 radical (unpaired) electrons. The van der Waals surface area contributed by atoms with Gasteiger partial charge in [0.05, 0.1) is 55.8 Å². The van der Waals surface area contributed by atoms with E-state index in [1.54, 1.807) is 25.2 Å². The highest BCUT2D eigenvalue weighted by molar-refractivity contribution is 7.22. The fraction of sp³-hybridized carbons (Fsp3) is 0.528. The minimum atomic E-state index is -1.10. The fourth-order valence-corrected chi connectivity index (χ4v) is 19.1. The number of carbonyl (C=O) groups excluding carboxylic acids is 6. The lowest BCUT2D eigenvalue weighted by Gasteiger charge is -2.70. The highest BCUT2D eigenvalue weighted by atomic mass is 32.1. The number of aromatic carboxylic acids is 1. The van der Waals surface area contributed by atoms with Crippen LogP contribution in [0.15, 0.2) is 79.0 Å². The lowest BCUT2D eigenvalue weighted by Crippen LogP contribution is -2.60. The van der Waals surface area contributed by atoms with E-state index in [0.29, 0.717) is 41.7 Å². The topological polar surface area (TPSA) is 311 Å². The largest absolute Gasteiger partial charge is 0.476 e. The minimum absolute atomic E-state index is 0.00134. The number of anilines is 5. The number of hydrogen-bond acceptors (Lipinski definition) is 16. The molecule has 2 aromatic carbocycles. The molecule has 8 N–H and O–H groups in total. The van der Waals surface area contributed by atoms with Gasteiger partial charge in [0.1, 0.15) is 24.4 Å². The number of amides is 7. The lowest BCUT2D eigenvalue weighted by atomic mass is 9.35. The molecule has 2 unspecified atom stereocenters. The molecule has 25 heteroatoms. The molecule has 514 valence electrons. The molecule has 4 aliphatic carbocycles. The Labute approximate surface area is 569 Å². The first kappa shape index (κ1) is 68.3. The number of likely N-dealkylation sites (tertiary alicyclic amines) is 1. The Balaban J connectivity index is 0.670. The van der Waals surface area contributed by atoms with Crippen molar-refractivity contribution in [2.24, 2.45) is 33.3 Å². The predicted octanol–water partition coefficient (Wildman–Crippen LogP) is 9.79. The second-order valence-corrected chi connectivity index (χ2v) is 30.7. The molecule has 4 aromatic heterocycles. The second kappa shape index (κ2) is 28.0. The summed E-state index contributed by atoms with van der Waals surface area (Å²) in [4.78, 5) is 102. The van der Waals surface area contributed by atoms with Crippen LogP contribution in [0.4, 0.5) is 33.1 Å². The number of ether oxygens (including phenoxy) is 1. The molecule has 0 spiro atoms. The standard InChI is InChI=1S/C72H91N15O9S/c1-45(2)60(80-57(88)26-34-96-35-30-85-58(89)24-25-59(85)90)65(92)77-54(16-11-28-74-67(73)95)64(91)76-49-20-18-48(19-21-49)37-87(31-9-10-32-87)33-13-27-71-39-69(5)38-70(6,40-71)42-72(41-69,43-71)44-86-47(4)52(36-75-86)51-22-23-56(79-61(51)66(93)94)84-29-12-14-50-46(3)62(82-83-63(50)84)81-68-78-53-15-7-8-17-55(53)97-68/h7-8,15,17-25,36,45,54,60H,9-14,16,26-35,37-44H2,1-6H3,(H7-,73,74,76,77,78,80,81,82,88,91,92,93,94,95)/p+1/t54-,60-,69-,70+,71?,72?/m0/s1. The molecule has 5 fully saturated rings. The van der Waals surface area contributed by atoms with E-state index in [1.807, 2.05) is 66.6 Å². The summed E-state index contributed by atoms with van der Waals surface area (Å²) in [6, 6.07) is 17.1. The predicted molar refractivity (Wildman–Crippen MR) is 370 cm³/mol. The third-order valence-electron chi connectivity index (χ3n) is 21.2. The number of benzene rings is 2. The summed E-state index contributed by atoms with van der Waals surface area (Å²) >= 11 is 1.56. The highest BCUT2D eigenvalue weighted by Crippen LogP contribution is 2.75. The van der Waals surface area contributed by atoms with Crippen molar-refractivity contribution in [3.05, 3.63) is 107 Å². The number of carboxylic acid groups (broad SMARTS) is 1. The first-order chi connectivity index (χ1) is 46.4. The minimum Gasteiger partial charge on any atom is -0.476 e. The summed E-state index contributed by atoms with van der Waals surface area (Å²) in [7, 11) is 0. The molecule has 7 aliphatic rings. The molecule has 1 saturated heterocycles. The number of para-hydroxylation sites is 1. The Kier molecular flexibility index (Phi) is 19.7. The van der Waals surface area contributed by atoms with Crippen LogP contribution in [0, 0.1) is 41.4 Å². The molecule has 7 heterocycles. The SMILES string of the molecule is Cc1c(Nc2nc3ccccc3s2)nnc2c1CCCN2c1ccc(-c2cnn(CC34CC5(CCC[N+]6(Cc7ccc(NC(=O)[C@H](CCCNC(N)=O)NC(=O)[C@@H](NC(=O)CCOCCN8C(=O)C=CC8=O)C(C)C)cc7)CCCC6)C[C@@](C)(C3)C[C@](C)(C5)C4)c2C)c(C(=O)O)n1. The monoisotopic (exact) mass is 1340 g/mol. The Morgan fingerprint density at radius 3 is 2.26 bits per heavy atom. The first-order valence-corrected chi connectivity index (χ1v) is 35.2. The normalized spacial score (nSPS) is 22.8. The summed E-state index contributed by atoms with van der Waals surface area (Å²) in [5, 5.41) is 40.6. The number of nitrogens with zero attached hydrogens (tertiary/aromatic N) is 9. The van der Waals surface area contributed by atoms with Crippen molar-refractivity contribution in [2.75, 3.05) is 68.0 Å². The van der Waals surface area contributed by atoms with E-state index in [4.69, 9.17) is 30.6 Å². The molecular formula is C72H92N15O9S+. The van der Waals surface area contributed by atoms with Gasteiger partial charge in [0.2, 0.25) is 17.7 Å². The number of nitrogens with two attached hydrogens (primary N) is 1. The number of primary amides is 1. The molecule has 6 atom stereocenters. The third kappa shape index (κ3) is 15.2. The zero-order valence-corrected chi connectivity index (χ0v) is 57.5. The Bertz CT molecular complexity index is 3960. The average molecular weight is 1340 g/mol. The van der Waals surface area contributed by atoms with E-state index >= 15 is 0 Å². The van der Waals surface area contributed by atoms with Crippen molar-refractivity contribution in [3.8, 4) is 11.1 Å². The molecule has 7 amide bonds. The molecular weight excluding hydrogens is 1250 g/mol. The molecule has 4 bridgehead atoms. The lowest BCUT2D eigenvalue weighted by molar-refractivity contribution is -0.930. The van der Waals surface area contributed by atoms with Crippen LogP contribution >= 0.6 is 11.3 Å². The number of rotatable bonds is 29. The van der Waals surface area contributed by atoms with Crippen LogP contribution in [0.25, 0.3) is 21.3 Å². The third-order valence-corrected chi connectivity index (χ3v) is 22.2. The Morgan fingerprint density at radius 1 is 0.814 bits per heavy atom. The number of thiazole rings is 1. The average Bonchev–Trinajstić information content (AvgIpc) is 1.34. The molecule has 97 heavy (non-hydrogen) atoms. The summed E-state index contributed by atoms with van der Waals surface area (Å²) in [6.45, 7) is 18.7. The van der Waals surface area contributed by atoms with Crippen LogP contribution in [-0.2, 0) is 48.2 Å². The summed E-state index contributed by atoms with van der Waals surface area (Å²) in [5.41, 5.74) is 12.9. The van der Waals surface area contributed by atoms with Crippen molar-refractivity contribution in [1.29, 1.82) is 0 Å². The van der Waals surface area contributed by atoms with Crippen molar-refractivity contribution in [1.82, 2.24) is 50.8 Å². The van der Waals surface area contributed by atoms with E-state index < -0.39 is 53.6 Å². The maximum absolute atomic E-state index is 14.1. The van der Waals surface area contributed by atoms with E-state index in [-0.39, 0.29) is 72.4 Å². The van der Waals surface area contributed by atoms with Crippen LogP contribution in [0.1, 0.15) is 150 Å². The number of imide groups is 1. The number of pyridine rings is 1. The Morgan fingerprint density at radius 2 is 1.55 bits per heavy atom. The fourth-order valence-electron chi connectivity index (χ4n) is 18.2. The Hall–Kier alpha value is -8.68. The quantitative estimate of drug-likeness (QED) is 0.0130. The molecule has 4 saturated carbocycles. The van der Waals surface area contributed by atoms with Crippen LogP contribution < -0.4 is 37.2 Å². The van der Waals surface area contributed by atoms with Crippen molar-refractivity contribution in [2.45, 2.75) is 163 Å². The van der Waals surface area contributed by atoms with Crippen LogP contribution in [0.5, 0.6) is 0 Å². The van der Waals surface area contributed by atoms with Gasteiger partial charge in [-0.05, 0) is 155 Å². The summed E-state index contributed by atoms with van der Waals surface area (Å²) in [6.07, 6.45) is 18.1. The molecule has 3 aliphatic heterocycles. The number of urea groups is 1. The van der Waals surface area contributed by atoms with Gasteiger partial charge >= 0.3 is 12.0 Å². The maximum atomic E-state index is 14.1. The molecule has 13 rings (SSSR count). The van der Waals surface area contributed by atoms with Gasteiger partial charge in [0.25, 0.3) is 11.8 Å². The smallest absolute Gasteiger partial charge is 0.355 e. The molecule has 24 nitrogen and oxygen atoms in total.